The summed E-state index contributed by atoms with van der Waals surface area (Å²) in [4.78, 5) is 4.16. The van der Waals surface area contributed by atoms with Gasteiger partial charge in [0.1, 0.15) is 10.6 Å². The number of nitrogens with zero attached hydrogens (tertiary/aromatic N) is 2. The van der Waals surface area contributed by atoms with Crippen LogP contribution in [0.25, 0.3) is 0 Å². The van der Waals surface area contributed by atoms with Crippen molar-refractivity contribution in [3.8, 4) is 5.75 Å². The van der Waals surface area contributed by atoms with Crippen LogP contribution >= 0.6 is 0 Å². The van der Waals surface area contributed by atoms with E-state index in [-0.39, 0.29) is 10.8 Å². The Morgan fingerprint density at radius 1 is 1.17 bits per heavy atom. The molecule has 0 aliphatic carbocycles. The minimum Gasteiger partial charge on any atom is -0.493 e. The highest BCUT2D eigenvalue weighted by Gasteiger charge is 2.30. The second-order valence-corrected chi connectivity index (χ2v) is 7.62. The molecule has 0 N–H and O–H groups in total. The Morgan fingerprint density at radius 3 is 2.74 bits per heavy atom. The molecule has 1 atom stereocenters. The van der Waals surface area contributed by atoms with E-state index in [1.165, 1.54) is 6.20 Å². The fraction of sp³-hybridized carbons (Fsp3) is 0.353. The smallest absolute Gasteiger partial charge is 0.244 e. The molecule has 2 heterocycles. The quantitative estimate of drug-likeness (QED) is 0.844. The van der Waals surface area contributed by atoms with Gasteiger partial charge < -0.3 is 4.74 Å². The first-order valence-electron chi connectivity index (χ1n) is 7.74. The molecule has 1 aliphatic rings. The van der Waals surface area contributed by atoms with Crippen LogP contribution in [0, 0.1) is 5.92 Å². The van der Waals surface area contributed by atoms with Crippen LogP contribution in [0.3, 0.4) is 0 Å². The van der Waals surface area contributed by atoms with Gasteiger partial charge in [-0.2, -0.15) is 4.31 Å². The minimum atomic E-state index is -3.46. The van der Waals surface area contributed by atoms with E-state index >= 15 is 0 Å². The third-order valence-electron chi connectivity index (χ3n) is 3.98. The minimum absolute atomic E-state index is 0.204. The zero-order chi connectivity index (χ0) is 16.1. The van der Waals surface area contributed by atoms with Crippen molar-refractivity contribution in [2.45, 2.75) is 17.7 Å². The van der Waals surface area contributed by atoms with Crippen molar-refractivity contribution in [2.75, 3.05) is 19.7 Å². The second-order valence-electron chi connectivity index (χ2n) is 5.68. The Hall–Kier alpha value is -1.92. The van der Waals surface area contributed by atoms with E-state index in [1.54, 1.807) is 22.6 Å². The van der Waals surface area contributed by atoms with Gasteiger partial charge in [-0.05, 0) is 37.1 Å². The lowest BCUT2D eigenvalue weighted by Gasteiger charge is -2.31. The van der Waals surface area contributed by atoms with Crippen LogP contribution in [0.2, 0.25) is 0 Å². The fourth-order valence-corrected chi connectivity index (χ4v) is 4.28. The van der Waals surface area contributed by atoms with Gasteiger partial charge in [-0.1, -0.05) is 18.2 Å². The summed E-state index contributed by atoms with van der Waals surface area (Å²) >= 11 is 0. The first-order chi connectivity index (χ1) is 11.2. The van der Waals surface area contributed by atoms with Crippen molar-refractivity contribution >= 4 is 10.0 Å². The number of ether oxygens (including phenoxy) is 1. The molecular weight excluding hydrogens is 312 g/mol. The number of para-hydroxylation sites is 1. The summed E-state index contributed by atoms with van der Waals surface area (Å²) in [5.74, 6) is 1.02. The molecule has 1 aromatic heterocycles. The topological polar surface area (TPSA) is 59.5 Å². The molecular formula is C17H20N2O3S. The van der Waals surface area contributed by atoms with Crippen molar-refractivity contribution in [3.05, 3.63) is 54.9 Å². The maximum Gasteiger partial charge on any atom is 0.244 e. The molecule has 1 saturated heterocycles. The zero-order valence-electron chi connectivity index (χ0n) is 12.8. The first-order valence-corrected chi connectivity index (χ1v) is 9.18. The number of piperidine rings is 1. The molecule has 1 unspecified atom stereocenters. The third kappa shape index (κ3) is 3.89. The Balaban J connectivity index is 1.64. The summed E-state index contributed by atoms with van der Waals surface area (Å²) in [6.45, 7) is 1.58. The lowest BCUT2D eigenvalue weighted by Crippen LogP contribution is -2.41. The van der Waals surface area contributed by atoms with Crippen LogP contribution in [0.4, 0.5) is 0 Å². The molecule has 0 bridgehead atoms. The van der Waals surface area contributed by atoms with Crippen LogP contribution in [0.5, 0.6) is 5.75 Å². The molecule has 0 radical (unpaired) electrons. The van der Waals surface area contributed by atoms with Crippen molar-refractivity contribution < 1.29 is 13.2 Å². The van der Waals surface area contributed by atoms with E-state index < -0.39 is 10.0 Å². The molecule has 0 spiro atoms. The number of pyridine rings is 1. The van der Waals surface area contributed by atoms with Crippen LogP contribution in [0.1, 0.15) is 12.8 Å². The van der Waals surface area contributed by atoms with E-state index in [9.17, 15) is 8.42 Å². The van der Waals surface area contributed by atoms with Crippen molar-refractivity contribution in [3.63, 3.8) is 0 Å². The molecule has 6 heteroatoms. The predicted octanol–water partition coefficient (Wildman–Crippen LogP) is 2.56. The zero-order valence-corrected chi connectivity index (χ0v) is 13.7. The first kappa shape index (κ1) is 16.0. The molecule has 1 fully saturated rings. The monoisotopic (exact) mass is 332 g/mol. The summed E-state index contributed by atoms with van der Waals surface area (Å²) in [7, 11) is -3.46. The van der Waals surface area contributed by atoms with Gasteiger partial charge in [0.15, 0.2) is 0 Å². The lowest BCUT2D eigenvalue weighted by molar-refractivity contribution is 0.180. The van der Waals surface area contributed by atoms with Gasteiger partial charge >= 0.3 is 0 Å². The highest BCUT2D eigenvalue weighted by atomic mass is 32.2. The predicted molar refractivity (Wildman–Crippen MR) is 87.7 cm³/mol. The highest BCUT2D eigenvalue weighted by molar-refractivity contribution is 7.89. The SMILES string of the molecule is O=S(=O)(c1cccnc1)N1CCCC(COc2ccccc2)C1. The molecule has 3 rings (SSSR count). The summed E-state index contributed by atoms with van der Waals surface area (Å²) in [5.41, 5.74) is 0. The van der Waals surface area contributed by atoms with E-state index in [2.05, 4.69) is 4.98 Å². The molecule has 122 valence electrons. The van der Waals surface area contributed by atoms with Gasteiger partial charge in [-0.25, -0.2) is 8.42 Å². The average molecular weight is 332 g/mol. The van der Waals surface area contributed by atoms with Crippen molar-refractivity contribution in [2.24, 2.45) is 5.92 Å². The van der Waals surface area contributed by atoms with Gasteiger partial charge in [-0.15, -0.1) is 0 Å². The van der Waals surface area contributed by atoms with Gasteiger partial charge in [0, 0.05) is 31.4 Å². The normalized spacial score (nSPS) is 19.4. The Bertz CT molecular complexity index is 720. The van der Waals surface area contributed by atoms with Gasteiger partial charge in [-0.3, -0.25) is 4.98 Å². The van der Waals surface area contributed by atoms with E-state index in [4.69, 9.17) is 4.74 Å². The molecule has 1 aromatic carbocycles. The standard InChI is InChI=1S/C17H20N2O3S/c20-23(21,17-9-4-10-18-12-17)19-11-5-6-15(13-19)14-22-16-7-2-1-3-8-16/h1-4,7-10,12,15H,5-6,11,13-14H2. The highest BCUT2D eigenvalue weighted by Crippen LogP contribution is 2.24. The molecule has 1 aliphatic heterocycles. The number of aromatic nitrogens is 1. The third-order valence-corrected chi connectivity index (χ3v) is 5.83. The molecule has 5 nitrogen and oxygen atoms in total. The summed E-state index contributed by atoms with van der Waals surface area (Å²) < 4.78 is 32.6. The lowest BCUT2D eigenvalue weighted by atomic mass is 10.0. The van der Waals surface area contributed by atoms with E-state index in [1.807, 2.05) is 30.3 Å². The maximum atomic E-state index is 12.7. The number of hydrogen-bond donors (Lipinski definition) is 0. The largest absolute Gasteiger partial charge is 0.493 e. The van der Waals surface area contributed by atoms with E-state index in [0.29, 0.717) is 19.7 Å². The van der Waals surface area contributed by atoms with Gasteiger partial charge in [0.25, 0.3) is 0 Å². The van der Waals surface area contributed by atoms with Crippen LogP contribution in [-0.2, 0) is 10.0 Å². The van der Waals surface area contributed by atoms with Crippen LogP contribution < -0.4 is 4.74 Å². The average Bonchev–Trinajstić information content (AvgIpc) is 2.62. The fourth-order valence-electron chi connectivity index (χ4n) is 2.76. The van der Waals surface area contributed by atoms with E-state index in [0.717, 1.165) is 18.6 Å². The second kappa shape index (κ2) is 7.10. The number of rotatable bonds is 5. The van der Waals surface area contributed by atoms with Crippen LogP contribution in [-0.4, -0.2) is 37.4 Å². The number of benzene rings is 1. The van der Waals surface area contributed by atoms with Gasteiger partial charge in [0.05, 0.1) is 6.61 Å². The molecule has 2 aromatic rings. The Kier molecular flexibility index (Phi) is 4.93. The molecule has 0 saturated carbocycles. The van der Waals surface area contributed by atoms with Crippen molar-refractivity contribution in [1.82, 2.24) is 9.29 Å². The maximum absolute atomic E-state index is 12.7. The Labute approximate surface area is 137 Å². The summed E-state index contributed by atoms with van der Waals surface area (Å²) in [6, 6.07) is 12.8. The number of hydrogen-bond acceptors (Lipinski definition) is 4. The summed E-state index contributed by atoms with van der Waals surface area (Å²) in [5, 5.41) is 0. The number of sulfonamides is 1. The van der Waals surface area contributed by atoms with Gasteiger partial charge in [0.2, 0.25) is 10.0 Å². The Morgan fingerprint density at radius 2 is 2.00 bits per heavy atom. The van der Waals surface area contributed by atoms with Crippen LogP contribution in [0.15, 0.2) is 59.8 Å². The van der Waals surface area contributed by atoms with Crippen molar-refractivity contribution in [1.29, 1.82) is 0 Å². The summed E-state index contributed by atoms with van der Waals surface area (Å²) in [6.07, 6.45) is 4.80. The molecule has 23 heavy (non-hydrogen) atoms. The molecule has 0 amide bonds.